The van der Waals surface area contributed by atoms with Crippen LogP contribution in [0.3, 0.4) is 0 Å². The van der Waals surface area contributed by atoms with Crippen LogP contribution in [-0.2, 0) is 5.75 Å². The summed E-state index contributed by atoms with van der Waals surface area (Å²) >= 11 is 1.51. The molecule has 2 heterocycles. The van der Waals surface area contributed by atoms with Gasteiger partial charge in [0, 0.05) is 29.9 Å². The third kappa shape index (κ3) is 6.32. The van der Waals surface area contributed by atoms with E-state index in [-0.39, 0.29) is 5.91 Å². The molecule has 0 fully saturated rings. The minimum Gasteiger partial charge on any atom is -0.481 e. The van der Waals surface area contributed by atoms with Crippen molar-refractivity contribution in [2.45, 2.75) is 36.5 Å². The van der Waals surface area contributed by atoms with Crippen LogP contribution in [0.4, 0.5) is 0 Å². The topological polar surface area (TPSA) is 64.1 Å². The van der Waals surface area contributed by atoms with Gasteiger partial charge in [-0.05, 0) is 55.5 Å². The highest BCUT2D eigenvalue weighted by molar-refractivity contribution is 7.98. The van der Waals surface area contributed by atoms with E-state index in [4.69, 9.17) is 4.74 Å². The Morgan fingerprint density at radius 3 is 3.00 bits per heavy atom. The van der Waals surface area contributed by atoms with E-state index in [2.05, 4.69) is 27.9 Å². The first-order valence-corrected chi connectivity index (χ1v) is 10.6. The monoisotopic (exact) mass is 407 g/mol. The number of ether oxygens (including phenoxy) is 1. The average Bonchev–Trinajstić information content (AvgIpc) is 2.85. The Kier molecular flexibility index (Phi) is 7.64. The van der Waals surface area contributed by atoms with E-state index < -0.39 is 0 Å². The standard InChI is InChI=1S/C23H25N3O2S/c1-17-7-4-3-5-8-19(11-10-17)26-22(27)20-9-6-13-25-23(20)29-16-18-12-14-24-21(15-18)28-2/h6,8-15H,1,3-5,7,16H2,2H3,(H,26,27)/b11-10-,19-8+. The first-order valence-electron chi connectivity index (χ1n) is 9.60. The lowest BCUT2D eigenvalue weighted by Crippen LogP contribution is -2.23. The Bertz CT molecular complexity index is 937. The van der Waals surface area contributed by atoms with Gasteiger partial charge in [-0.3, -0.25) is 4.79 Å². The summed E-state index contributed by atoms with van der Waals surface area (Å²) in [6.45, 7) is 4.06. The number of hydrogen-bond donors (Lipinski definition) is 1. The van der Waals surface area contributed by atoms with E-state index in [1.165, 1.54) is 11.8 Å². The van der Waals surface area contributed by atoms with Gasteiger partial charge in [0.25, 0.3) is 5.91 Å². The molecule has 1 N–H and O–H groups in total. The summed E-state index contributed by atoms with van der Waals surface area (Å²) in [5.41, 5.74) is 3.50. The highest BCUT2D eigenvalue weighted by Crippen LogP contribution is 2.25. The van der Waals surface area contributed by atoms with Crippen LogP contribution in [-0.4, -0.2) is 23.0 Å². The van der Waals surface area contributed by atoms with Crippen LogP contribution >= 0.6 is 11.8 Å². The Balaban J connectivity index is 1.71. The second-order valence-corrected chi connectivity index (χ2v) is 7.67. The number of nitrogens with one attached hydrogen (secondary N) is 1. The number of rotatable bonds is 6. The quantitative estimate of drug-likeness (QED) is 0.677. The van der Waals surface area contributed by atoms with Crippen molar-refractivity contribution < 1.29 is 9.53 Å². The molecule has 1 aliphatic carbocycles. The molecule has 0 atom stereocenters. The summed E-state index contributed by atoms with van der Waals surface area (Å²) < 4.78 is 5.17. The fourth-order valence-electron chi connectivity index (χ4n) is 2.89. The highest BCUT2D eigenvalue weighted by Gasteiger charge is 2.14. The molecular weight excluding hydrogens is 382 g/mol. The van der Waals surface area contributed by atoms with Crippen molar-refractivity contribution in [1.29, 1.82) is 0 Å². The van der Waals surface area contributed by atoms with Crippen molar-refractivity contribution in [3.05, 3.63) is 83.9 Å². The van der Waals surface area contributed by atoms with Crippen LogP contribution in [0, 0.1) is 0 Å². The number of allylic oxidation sites excluding steroid dienone is 4. The second kappa shape index (κ2) is 10.6. The number of nitrogens with zero attached hydrogens (tertiary/aromatic N) is 2. The number of methoxy groups -OCH3 is 1. The van der Waals surface area contributed by atoms with Gasteiger partial charge in [-0.2, -0.15) is 0 Å². The molecule has 6 heteroatoms. The fraction of sp³-hybridized carbons (Fsp3) is 0.261. The van der Waals surface area contributed by atoms with E-state index in [0.717, 1.165) is 42.5 Å². The van der Waals surface area contributed by atoms with Crippen LogP contribution in [0.15, 0.2) is 77.8 Å². The number of hydrogen-bond acceptors (Lipinski definition) is 5. The minimum absolute atomic E-state index is 0.159. The maximum Gasteiger partial charge on any atom is 0.258 e. The van der Waals surface area contributed by atoms with E-state index in [0.29, 0.717) is 22.2 Å². The smallest absolute Gasteiger partial charge is 0.258 e. The first kappa shape index (κ1) is 20.9. The molecule has 0 unspecified atom stereocenters. The van der Waals surface area contributed by atoms with Gasteiger partial charge < -0.3 is 10.1 Å². The van der Waals surface area contributed by atoms with Crippen LogP contribution in [0.2, 0.25) is 0 Å². The van der Waals surface area contributed by atoms with Gasteiger partial charge in [0.05, 0.1) is 12.7 Å². The summed E-state index contributed by atoms with van der Waals surface area (Å²) in [5, 5.41) is 3.71. The molecule has 29 heavy (non-hydrogen) atoms. The van der Waals surface area contributed by atoms with Crippen molar-refractivity contribution in [2.24, 2.45) is 0 Å². The molecule has 1 aliphatic rings. The summed E-state index contributed by atoms with van der Waals surface area (Å²) in [5.74, 6) is 1.08. The Morgan fingerprint density at radius 2 is 2.14 bits per heavy atom. The van der Waals surface area contributed by atoms with E-state index in [9.17, 15) is 4.79 Å². The van der Waals surface area contributed by atoms with Gasteiger partial charge in [0.15, 0.2) is 0 Å². The molecule has 0 saturated carbocycles. The molecule has 0 radical (unpaired) electrons. The summed E-state index contributed by atoms with van der Waals surface area (Å²) in [7, 11) is 1.59. The zero-order valence-electron chi connectivity index (χ0n) is 16.6. The van der Waals surface area contributed by atoms with Crippen molar-refractivity contribution in [3.8, 4) is 5.88 Å². The highest BCUT2D eigenvalue weighted by atomic mass is 32.2. The molecule has 2 aromatic heterocycles. The van der Waals surface area contributed by atoms with Gasteiger partial charge in [0.2, 0.25) is 5.88 Å². The van der Waals surface area contributed by atoms with Gasteiger partial charge in [-0.25, -0.2) is 9.97 Å². The lowest BCUT2D eigenvalue weighted by Gasteiger charge is -2.10. The molecule has 5 nitrogen and oxygen atoms in total. The number of amides is 1. The number of thioether (sulfide) groups is 1. The SMILES string of the molecule is C=C1/C=C\C(NC(=O)c2cccnc2SCc2ccnc(OC)c2)=C/CCCC1. The fourth-order valence-corrected chi connectivity index (χ4v) is 3.82. The zero-order chi connectivity index (χ0) is 20.5. The normalized spacial score (nSPS) is 17.3. The van der Waals surface area contributed by atoms with Gasteiger partial charge in [0.1, 0.15) is 5.03 Å². The van der Waals surface area contributed by atoms with E-state index in [1.807, 2.05) is 24.3 Å². The summed E-state index contributed by atoms with van der Waals surface area (Å²) in [6, 6.07) is 7.40. The lowest BCUT2D eigenvalue weighted by molar-refractivity contribution is 0.0963. The average molecular weight is 408 g/mol. The number of aromatic nitrogens is 2. The molecule has 0 aromatic carbocycles. The Hall–Kier alpha value is -2.86. The number of pyridine rings is 2. The first-order chi connectivity index (χ1) is 14.2. The maximum absolute atomic E-state index is 12.9. The molecule has 0 aliphatic heterocycles. The number of carbonyl (C=O) groups excluding carboxylic acids is 1. The van der Waals surface area contributed by atoms with Gasteiger partial charge in [-0.15, -0.1) is 11.8 Å². The number of carbonyl (C=O) groups is 1. The van der Waals surface area contributed by atoms with Crippen LogP contribution < -0.4 is 10.1 Å². The second-order valence-electron chi connectivity index (χ2n) is 6.70. The van der Waals surface area contributed by atoms with Crippen molar-refractivity contribution in [1.82, 2.24) is 15.3 Å². The Morgan fingerprint density at radius 1 is 1.24 bits per heavy atom. The Labute approximate surface area is 176 Å². The van der Waals surface area contributed by atoms with Crippen molar-refractivity contribution >= 4 is 17.7 Å². The molecular formula is C23H25N3O2S. The van der Waals surface area contributed by atoms with Crippen molar-refractivity contribution in [2.75, 3.05) is 7.11 Å². The van der Waals surface area contributed by atoms with Crippen LogP contribution in [0.25, 0.3) is 0 Å². The van der Waals surface area contributed by atoms with Crippen LogP contribution in [0.1, 0.15) is 41.6 Å². The molecule has 1 amide bonds. The predicted octanol–water partition coefficient (Wildman–Crippen LogP) is 5.08. The summed E-state index contributed by atoms with van der Waals surface area (Å²) in [4.78, 5) is 21.5. The largest absolute Gasteiger partial charge is 0.481 e. The summed E-state index contributed by atoms with van der Waals surface area (Å²) in [6.07, 6.45) is 13.5. The minimum atomic E-state index is -0.159. The van der Waals surface area contributed by atoms with E-state index in [1.54, 1.807) is 31.6 Å². The molecule has 2 aromatic rings. The maximum atomic E-state index is 12.9. The van der Waals surface area contributed by atoms with Gasteiger partial charge in [-0.1, -0.05) is 24.3 Å². The molecule has 0 spiro atoms. The molecule has 150 valence electrons. The zero-order valence-corrected chi connectivity index (χ0v) is 17.4. The third-order valence-corrected chi connectivity index (χ3v) is 5.55. The predicted molar refractivity (Wildman–Crippen MR) is 117 cm³/mol. The third-order valence-electron chi connectivity index (χ3n) is 4.47. The van der Waals surface area contributed by atoms with Crippen molar-refractivity contribution in [3.63, 3.8) is 0 Å². The van der Waals surface area contributed by atoms with E-state index >= 15 is 0 Å². The molecule has 3 rings (SSSR count). The van der Waals surface area contributed by atoms with Crippen LogP contribution in [0.5, 0.6) is 5.88 Å². The molecule has 0 saturated heterocycles. The van der Waals surface area contributed by atoms with Gasteiger partial charge >= 0.3 is 0 Å². The molecule has 0 bridgehead atoms. The lowest BCUT2D eigenvalue weighted by atomic mass is 10.1.